The van der Waals surface area contributed by atoms with Crippen LogP contribution in [0.1, 0.15) is 39.5 Å². The van der Waals surface area contributed by atoms with Crippen LogP contribution in [0.3, 0.4) is 0 Å². The molecule has 1 saturated heterocycles. The summed E-state index contributed by atoms with van der Waals surface area (Å²) in [5, 5.41) is 0. The van der Waals surface area contributed by atoms with Gasteiger partial charge in [0, 0.05) is 12.6 Å². The molecule has 0 aromatic heterocycles. The van der Waals surface area contributed by atoms with Gasteiger partial charge in [-0.2, -0.15) is 0 Å². The Balaban J connectivity index is 2.63. The molecule has 0 aliphatic carbocycles. The SMILES string of the molecule is CCCCC(N)C(=O)N(CC)C1CCS(=O)(=O)C1. The molecule has 2 N–H and O–H groups in total. The minimum Gasteiger partial charge on any atom is -0.338 e. The first-order chi connectivity index (χ1) is 8.41. The quantitative estimate of drug-likeness (QED) is 0.768. The topological polar surface area (TPSA) is 80.5 Å². The van der Waals surface area contributed by atoms with Crippen molar-refractivity contribution in [2.24, 2.45) is 5.73 Å². The molecule has 18 heavy (non-hydrogen) atoms. The number of unbranched alkanes of at least 4 members (excludes halogenated alkanes) is 1. The number of hydrogen-bond acceptors (Lipinski definition) is 4. The van der Waals surface area contributed by atoms with Crippen molar-refractivity contribution in [2.45, 2.75) is 51.6 Å². The van der Waals surface area contributed by atoms with Crippen molar-refractivity contribution in [3.63, 3.8) is 0 Å². The number of nitrogens with two attached hydrogens (primary N) is 1. The van der Waals surface area contributed by atoms with Gasteiger partial charge in [0.2, 0.25) is 5.91 Å². The van der Waals surface area contributed by atoms with Gasteiger partial charge in [-0.05, 0) is 19.8 Å². The number of likely N-dealkylation sites (N-methyl/N-ethyl adjacent to an activating group) is 1. The molecule has 1 fully saturated rings. The van der Waals surface area contributed by atoms with Crippen LogP contribution in [0, 0.1) is 0 Å². The number of rotatable bonds is 6. The average molecular weight is 276 g/mol. The summed E-state index contributed by atoms with van der Waals surface area (Å²) in [6.07, 6.45) is 3.14. The van der Waals surface area contributed by atoms with Crippen LogP contribution in [-0.4, -0.2) is 49.4 Å². The highest BCUT2D eigenvalue weighted by atomic mass is 32.2. The van der Waals surface area contributed by atoms with Crippen LogP contribution < -0.4 is 5.73 Å². The Morgan fingerprint density at radius 3 is 2.56 bits per heavy atom. The van der Waals surface area contributed by atoms with Crippen LogP contribution in [0.2, 0.25) is 0 Å². The summed E-state index contributed by atoms with van der Waals surface area (Å²) in [5.74, 6) is 0.173. The van der Waals surface area contributed by atoms with Gasteiger partial charge in [-0.3, -0.25) is 4.79 Å². The Labute approximate surface area is 110 Å². The molecule has 1 aliphatic rings. The van der Waals surface area contributed by atoms with Crippen LogP contribution in [0.15, 0.2) is 0 Å². The van der Waals surface area contributed by atoms with Crippen molar-refractivity contribution in [3.8, 4) is 0 Å². The lowest BCUT2D eigenvalue weighted by Gasteiger charge is -2.29. The van der Waals surface area contributed by atoms with Crippen molar-refractivity contribution in [2.75, 3.05) is 18.1 Å². The van der Waals surface area contributed by atoms with E-state index in [9.17, 15) is 13.2 Å². The Kier molecular flexibility index (Phi) is 5.59. The molecule has 5 nitrogen and oxygen atoms in total. The van der Waals surface area contributed by atoms with Crippen LogP contribution in [0.5, 0.6) is 0 Å². The Hall–Kier alpha value is -0.620. The predicted molar refractivity (Wildman–Crippen MR) is 71.9 cm³/mol. The van der Waals surface area contributed by atoms with Gasteiger partial charge in [0.05, 0.1) is 17.5 Å². The van der Waals surface area contributed by atoms with Crippen molar-refractivity contribution in [1.29, 1.82) is 0 Å². The van der Waals surface area contributed by atoms with Crippen LogP contribution in [-0.2, 0) is 14.6 Å². The van der Waals surface area contributed by atoms with Gasteiger partial charge < -0.3 is 10.6 Å². The molecule has 0 saturated carbocycles. The Bertz CT molecular complexity index is 381. The van der Waals surface area contributed by atoms with Gasteiger partial charge in [-0.15, -0.1) is 0 Å². The molecule has 1 rings (SSSR count). The van der Waals surface area contributed by atoms with E-state index >= 15 is 0 Å². The van der Waals surface area contributed by atoms with Gasteiger partial charge in [0.15, 0.2) is 9.84 Å². The minimum atomic E-state index is -2.96. The summed E-state index contributed by atoms with van der Waals surface area (Å²) in [4.78, 5) is 13.8. The van der Waals surface area contributed by atoms with Crippen LogP contribution in [0.25, 0.3) is 0 Å². The molecule has 0 aromatic rings. The van der Waals surface area contributed by atoms with E-state index in [1.165, 1.54) is 0 Å². The first-order valence-corrected chi connectivity index (χ1v) is 8.50. The summed E-state index contributed by atoms with van der Waals surface area (Å²) in [6, 6.07) is -0.673. The maximum absolute atomic E-state index is 12.2. The van der Waals surface area contributed by atoms with Crippen molar-refractivity contribution in [1.82, 2.24) is 4.90 Å². The summed E-state index contributed by atoms with van der Waals surface area (Å²) < 4.78 is 22.9. The van der Waals surface area contributed by atoms with E-state index in [4.69, 9.17) is 5.73 Å². The summed E-state index contributed by atoms with van der Waals surface area (Å²) in [5.41, 5.74) is 5.87. The van der Waals surface area contributed by atoms with Crippen molar-refractivity contribution in [3.05, 3.63) is 0 Å². The first kappa shape index (κ1) is 15.4. The molecule has 0 spiro atoms. The molecular weight excluding hydrogens is 252 g/mol. The standard InChI is InChI=1S/C12H24N2O3S/c1-3-5-6-11(13)12(15)14(4-2)10-7-8-18(16,17)9-10/h10-11H,3-9,13H2,1-2H3. The highest BCUT2D eigenvalue weighted by Crippen LogP contribution is 2.18. The van der Waals surface area contributed by atoms with E-state index in [-0.39, 0.29) is 23.5 Å². The normalized spacial score (nSPS) is 23.8. The maximum Gasteiger partial charge on any atom is 0.239 e. The van der Waals surface area contributed by atoms with E-state index in [0.717, 1.165) is 12.8 Å². The second-order valence-corrected chi connectivity index (χ2v) is 7.16. The zero-order chi connectivity index (χ0) is 13.8. The number of sulfone groups is 1. The average Bonchev–Trinajstić information content (AvgIpc) is 2.67. The van der Waals surface area contributed by atoms with E-state index < -0.39 is 15.9 Å². The van der Waals surface area contributed by atoms with Gasteiger partial charge in [-0.1, -0.05) is 19.8 Å². The van der Waals surface area contributed by atoms with E-state index in [1.807, 2.05) is 6.92 Å². The van der Waals surface area contributed by atoms with E-state index in [1.54, 1.807) is 4.90 Å². The molecule has 1 amide bonds. The molecule has 106 valence electrons. The third-order valence-electron chi connectivity index (χ3n) is 3.46. The molecule has 0 bridgehead atoms. The third kappa shape index (κ3) is 3.95. The number of nitrogens with zero attached hydrogens (tertiary/aromatic N) is 1. The highest BCUT2D eigenvalue weighted by Gasteiger charge is 2.35. The fourth-order valence-electron chi connectivity index (χ4n) is 2.38. The zero-order valence-corrected chi connectivity index (χ0v) is 12.1. The van der Waals surface area contributed by atoms with Gasteiger partial charge >= 0.3 is 0 Å². The molecule has 0 radical (unpaired) electrons. The molecule has 0 aromatic carbocycles. The van der Waals surface area contributed by atoms with E-state index in [2.05, 4.69) is 6.92 Å². The lowest BCUT2D eigenvalue weighted by molar-refractivity contribution is -0.134. The zero-order valence-electron chi connectivity index (χ0n) is 11.3. The minimum absolute atomic E-state index is 0.0904. The Morgan fingerprint density at radius 2 is 2.11 bits per heavy atom. The lowest BCUT2D eigenvalue weighted by Crippen LogP contribution is -2.49. The highest BCUT2D eigenvalue weighted by molar-refractivity contribution is 7.91. The number of amides is 1. The van der Waals surface area contributed by atoms with Crippen LogP contribution >= 0.6 is 0 Å². The second-order valence-electron chi connectivity index (χ2n) is 4.93. The van der Waals surface area contributed by atoms with Gasteiger partial charge in [-0.25, -0.2) is 8.42 Å². The fourth-order valence-corrected chi connectivity index (χ4v) is 4.11. The molecule has 1 heterocycles. The number of carbonyl (C=O) groups is 1. The monoisotopic (exact) mass is 276 g/mol. The molecule has 2 unspecified atom stereocenters. The lowest BCUT2D eigenvalue weighted by atomic mass is 10.1. The van der Waals surface area contributed by atoms with E-state index in [0.29, 0.717) is 19.4 Å². The smallest absolute Gasteiger partial charge is 0.239 e. The maximum atomic E-state index is 12.2. The summed E-state index contributed by atoms with van der Waals surface area (Å²) in [7, 11) is -2.96. The number of carbonyl (C=O) groups excluding carboxylic acids is 1. The first-order valence-electron chi connectivity index (χ1n) is 6.67. The van der Waals surface area contributed by atoms with Crippen molar-refractivity contribution < 1.29 is 13.2 Å². The Morgan fingerprint density at radius 1 is 1.44 bits per heavy atom. The fraction of sp³-hybridized carbons (Fsp3) is 0.917. The van der Waals surface area contributed by atoms with Crippen LogP contribution in [0.4, 0.5) is 0 Å². The molecule has 2 atom stereocenters. The predicted octanol–water partition coefficient (Wildman–Crippen LogP) is 0.540. The number of hydrogen-bond donors (Lipinski definition) is 1. The summed E-state index contributed by atoms with van der Waals surface area (Å²) >= 11 is 0. The second kappa shape index (κ2) is 6.52. The largest absolute Gasteiger partial charge is 0.338 e. The third-order valence-corrected chi connectivity index (χ3v) is 5.21. The van der Waals surface area contributed by atoms with Crippen molar-refractivity contribution >= 4 is 15.7 Å². The van der Waals surface area contributed by atoms with Gasteiger partial charge in [0.1, 0.15) is 0 Å². The van der Waals surface area contributed by atoms with Gasteiger partial charge in [0.25, 0.3) is 0 Å². The summed E-state index contributed by atoms with van der Waals surface area (Å²) in [6.45, 7) is 4.45. The molecule has 6 heteroatoms. The molecule has 1 aliphatic heterocycles. The molecular formula is C12H24N2O3S.